The molecule has 3 unspecified atom stereocenters. The van der Waals surface area contributed by atoms with Crippen molar-refractivity contribution in [2.45, 2.75) is 32.4 Å². The fourth-order valence-corrected chi connectivity index (χ4v) is 4.90. The predicted octanol–water partition coefficient (Wildman–Crippen LogP) is 3.79. The van der Waals surface area contributed by atoms with Crippen molar-refractivity contribution in [1.29, 1.82) is 5.26 Å². The van der Waals surface area contributed by atoms with Crippen LogP contribution in [-0.2, 0) is 6.42 Å². The number of nitrogens with zero attached hydrogens (tertiary/aromatic N) is 4. The van der Waals surface area contributed by atoms with Crippen LogP contribution in [0.5, 0.6) is 11.8 Å². The van der Waals surface area contributed by atoms with Gasteiger partial charge >= 0.3 is 6.01 Å². The number of aromatic nitrogens is 3. The van der Waals surface area contributed by atoms with Gasteiger partial charge in [-0.25, -0.2) is 0 Å². The minimum atomic E-state index is 0.0568. The number of aromatic amines is 1. The number of piperidine rings is 1. The standard InChI is InChI=1S/C22H23ClN6O/c1-3-16-18(23)17-20(11(2)29-9-14-15(10-29)19(14)25)27-22(28-21(17)26-16)30-13-6-4-5-12(7-13)8-24/h4-7,11,14-15,19H,3,9-10,25H2,1-2H3,(H,26,27,28). The summed E-state index contributed by atoms with van der Waals surface area (Å²) in [5, 5.41) is 10.7. The lowest BCUT2D eigenvalue weighted by atomic mass is 10.1. The van der Waals surface area contributed by atoms with Gasteiger partial charge in [-0.15, -0.1) is 0 Å². The van der Waals surface area contributed by atoms with Crippen LogP contribution in [0.4, 0.5) is 0 Å². The molecule has 0 radical (unpaired) electrons. The fraction of sp³-hybridized carbons (Fsp3) is 0.409. The highest BCUT2D eigenvalue weighted by atomic mass is 35.5. The quantitative estimate of drug-likeness (QED) is 0.648. The summed E-state index contributed by atoms with van der Waals surface area (Å²) < 4.78 is 5.94. The molecule has 3 aromatic rings. The van der Waals surface area contributed by atoms with Crippen molar-refractivity contribution in [3.8, 4) is 17.8 Å². The molecule has 1 saturated carbocycles. The van der Waals surface area contributed by atoms with Crippen LogP contribution >= 0.6 is 11.6 Å². The summed E-state index contributed by atoms with van der Waals surface area (Å²) in [7, 11) is 0. The van der Waals surface area contributed by atoms with Crippen molar-refractivity contribution in [2.75, 3.05) is 13.1 Å². The lowest BCUT2D eigenvalue weighted by Crippen LogP contribution is -2.31. The first-order valence-corrected chi connectivity index (χ1v) is 10.6. The van der Waals surface area contributed by atoms with E-state index in [0.29, 0.717) is 39.9 Å². The molecule has 5 rings (SSSR count). The van der Waals surface area contributed by atoms with Crippen LogP contribution in [-0.4, -0.2) is 39.0 Å². The summed E-state index contributed by atoms with van der Waals surface area (Å²) in [5.74, 6) is 1.69. The van der Waals surface area contributed by atoms with Crippen LogP contribution in [0.15, 0.2) is 24.3 Å². The molecule has 3 heterocycles. The highest BCUT2D eigenvalue weighted by Gasteiger charge is 2.54. The van der Waals surface area contributed by atoms with Gasteiger partial charge in [-0.05, 0) is 43.4 Å². The van der Waals surface area contributed by atoms with Crippen LogP contribution in [0, 0.1) is 23.2 Å². The third-order valence-electron chi connectivity index (χ3n) is 6.43. The minimum Gasteiger partial charge on any atom is -0.424 e. The molecule has 1 aliphatic heterocycles. The van der Waals surface area contributed by atoms with Crippen LogP contribution < -0.4 is 10.5 Å². The summed E-state index contributed by atoms with van der Waals surface area (Å²) in [6.07, 6.45) is 0.770. The number of nitrogens with one attached hydrogen (secondary N) is 1. The molecule has 3 atom stereocenters. The molecule has 1 aliphatic carbocycles. The minimum absolute atomic E-state index is 0.0568. The number of ether oxygens (including phenoxy) is 1. The first kappa shape index (κ1) is 19.3. The van der Waals surface area contributed by atoms with Gasteiger partial charge in [0.25, 0.3) is 0 Å². The number of H-pyrrole nitrogens is 1. The summed E-state index contributed by atoms with van der Waals surface area (Å²) in [6, 6.07) is 9.71. The van der Waals surface area contributed by atoms with E-state index in [0.717, 1.165) is 36.3 Å². The Morgan fingerprint density at radius 1 is 1.37 bits per heavy atom. The van der Waals surface area contributed by atoms with E-state index in [4.69, 9.17) is 32.3 Å². The number of halogens is 1. The van der Waals surface area contributed by atoms with Crippen molar-refractivity contribution < 1.29 is 4.74 Å². The molecule has 154 valence electrons. The average molecular weight is 423 g/mol. The molecule has 8 heteroatoms. The fourth-order valence-electron chi connectivity index (χ4n) is 4.53. The molecule has 7 nitrogen and oxygen atoms in total. The van der Waals surface area contributed by atoms with Gasteiger partial charge in [0.1, 0.15) is 11.4 Å². The number of rotatable bonds is 5. The van der Waals surface area contributed by atoms with Gasteiger partial charge in [0, 0.05) is 24.8 Å². The van der Waals surface area contributed by atoms with Crippen molar-refractivity contribution in [3.05, 3.63) is 46.2 Å². The Balaban J connectivity index is 1.55. The van der Waals surface area contributed by atoms with E-state index in [1.807, 2.05) is 6.92 Å². The maximum Gasteiger partial charge on any atom is 0.324 e. The highest BCUT2D eigenvalue weighted by Crippen LogP contribution is 2.47. The number of nitriles is 1. The maximum absolute atomic E-state index is 9.14. The first-order chi connectivity index (χ1) is 14.5. The van der Waals surface area contributed by atoms with Crippen LogP contribution in [0.25, 0.3) is 11.0 Å². The van der Waals surface area contributed by atoms with Crippen molar-refractivity contribution in [3.63, 3.8) is 0 Å². The second-order valence-electron chi connectivity index (χ2n) is 8.16. The van der Waals surface area contributed by atoms with Crippen LogP contribution in [0.3, 0.4) is 0 Å². The smallest absolute Gasteiger partial charge is 0.324 e. The lowest BCUT2D eigenvalue weighted by Gasteiger charge is -2.26. The van der Waals surface area contributed by atoms with Gasteiger partial charge in [0.15, 0.2) is 0 Å². The molecule has 30 heavy (non-hydrogen) atoms. The molecule has 1 saturated heterocycles. The molecular weight excluding hydrogens is 400 g/mol. The van der Waals surface area contributed by atoms with Crippen molar-refractivity contribution in [1.82, 2.24) is 19.9 Å². The lowest BCUT2D eigenvalue weighted by molar-refractivity contribution is 0.228. The Kier molecular flexibility index (Phi) is 4.66. The van der Waals surface area contributed by atoms with Gasteiger partial charge in [-0.2, -0.15) is 15.2 Å². The van der Waals surface area contributed by atoms with Crippen molar-refractivity contribution in [2.24, 2.45) is 17.6 Å². The Morgan fingerprint density at radius 3 is 2.83 bits per heavy atom. The summed E-state index contributed by atoms with van der Waals surface area (Å²) in [5.41, 5.74) is 9.09. The SMILES string of the molecule is CCc1[nH]c2nc(Oc3cccc(C#N)c3)nc(C(C)N3CC4C(N)C4C3)c2c1Cl. The van der Waals surface area contributed by atoms with Crippen LogP contribution in [0.2, 0.25) is 5.02 Å². The summed E-state index contributed by atoms with van der Waals surface area (Å²) in [4.78, 5) is 15.1. The number of hydrogen-bond acceptors (Lipinski definition) is 6. The Morgan fingerprint density at radius 2 is 2.13 bits per heavy atom. The Labute approximate surface area is 179 Å². The third kappa shape index (κ3) is 3.12. The second-order valence-corrected chi connectivity index (χ2v) is 8.54. The molecule has 0 amide bonds. The van der Waals surface area contributed by atoms with E-state index < -0.39 is 0 Å². The number of nitrogens with two attached hydrogens (primary N) is 1. The van der Waals surface area contributed by atoms with E-state index in [2.05, 4.69) is 27.9 Å². The van der Waals surface area contributed by atoms with Gasteiger partial charge in [-0.3, -0.25) is 4.90 Å². The number of aryl methyl sites for hydroxylation is 1. The predicted molar refractivity (Wildman–Crippen MR) is 114 cm³/mol. The number of fused-ring (bicyclic) bond motifs is 2. The summed E-state index contributed by atoms with van der Waals surface area (Å²) >= 11 is 6.70. The van der Waals surface area contributed by atoms with E-state index in [9.17, 15) is 0 Å². The van der Waals surface area contributed by atoms with E-state index in [1.54, 1.807) is 24.3 Å². The zero-order chi connectivity index (χ0) is 21.0. The summed E-state index contributed by atoms with van der Waals surface area (Å²) in [6.45, 7) is 6.14. The largest absolute Gasteiger partial charge is 0.424 e. The van der Waals surface area contributed by atoms with Crippen molar-refractivity contribution >= 4 is 22.6 Å². The van der Waals surface area contributed by atoms with Crippen LogP contribution in [0.1, 0.15) is 36.8 Å². The number of hydrogen-bond donors (Lipinski definition) is 2. The highest BCUT2D eigenvalue weighted by molar-refractivity contribution is 6.36. The normalized spacial score (nSPS) is 23.9. The Hall–Kier alpha value is -2.66. The Bertz CT molecular complexity index is 1160. The number of benzene rings is 1. The third-order valence-corrected chi connectivity index (χ3v) is 6.85. The maximum atomic E-state index is 9.14. The van der Waals surface area contributed by atoms with Gasteiger partial charge < -0.3 is 15.5 Å². The zero-order valence-corrected chi connectivity index (χ0v) is 17.6. The molecule has 0 spiro atoms. The molecule has 2 aliphatic rings. The zero-order valence-electron chi connectivity index (χ0n) is 16.9. The molecule has 2 aromatic heterocycles. The first-order valence-electron chi connectivity index (χ1n) is 10.3. The topological polar surface area (TPSA) is 104 Å². The molecule has 0 bridgehead atoms. The molecular formula is C22H23ClN6O. The number of likely N-dealkylation sites (tertiary alicyclic amines) is 1. The van der Waals surface area contributed by atoms with E-state index in [-0.39, 0.29) is 12.1 Å². The molecule has 3 N–H and O–H groups in total. The monoisotopic (exact) mass is 422 g/mol. The van der Waals surface area contributed by atoms with Gasteiger partial charge in [-0.1, -0.05) is 24.6 Å². The van der Waals surface area contributed by atoms with E-state index in [1.165, 1.54) is 0 Å². The second kappa shape index (κ2) is 7.24. The van der Waals surface area contributed by atoms with Gasteiger partial charge in [0.05, 0.1) is 33.8 Å². The molecule has 2 fully saturated rings. The van der Waals surface area contributed by atoms with E-state index >= 15 is 0 Å². The van der Waals surface area contributed by atoms with Gasteiger partial charge in [0.2, 0.25) is 0 Å². The molecule has 1 aromatic carbocycles. The average Bonchev–Trinajstić information content (AvgIpc) is 3.10.